The molecule has 0 N–H and O–H groups in total. The summed E-state index contributed by atoms with van der Waals surface area (Å²) >= 11 is 0. The number of aromatic nitrogens is 2. The number of benzene rings is 1. The van der Waals surface area contributed by atoms with Crippen LogP contribution in [0.1, 0.15) is 18.4 Å². The van der Waals surface area contributed by atoms with Crippen LogP contribution in [0.15, 0.2) is 36.7 Å². The molecule has 2 aromatic rings. The minimum absolute atomic E-state index is 0.0776. The highest BCUT2D eigenvalue weighted by Crippen LogP contribution is 2.29. The maximum atomic E-state index is 14.0. The van der Waals surface area contributed by atoms with Crippen LogP contribution in [0.4, 0.5) is 4.39 Å². The van der Waals surface area contributed by atoms with Crippen molar-refractivity contribution in [3.05, 3.63) is 48.0 Å². The first-order chi connectivity index (χ1) is 13.6. The van der Waals surface area contributed by atoms with Crippen LogP contribution in [-0.2, 0) is 16.1 Å². The Morgan fingerprint density at radius 1 is 1.04 bits per heavy atom. The summed E-state index contributed by atoms with van der Waals surface area (Å²) in [6.07, 6.45) is 5.23. The zero-order chi connectivity index (χ0) is 19.3. The van der Waals surface area contributed by atoms with Crippen LogP contribution in [0, 0.1) is 5.82 Å². The van der Waals surface area contributed by atoms with Gasteiger partial charge in [0.15, 0.2) is 0 Å². The number of halogens is 1. The maximum Gasteiger partial charge on any atom is 0.247 e. The minimum atomic E-state index is -0.391. The first-order valence-corrected chi connectivity index (χ1v) is 9.73. The highest BCUT2D eigenvalue weighted by molar-refractivity contribution is 5.97. The Bertz CT molecular complexity index is 929. The molecule has 2 atom stereocenters. The van der Waals surface area contributed by atoms with Gasteiger partial charge in [-0.2, -0.15) is 5.10 Å². The van der Waals surface area contributed by atoms with Gasteiger partial charge in [0.05, 0.1) is 6.20 Å². The summed E-state index contributed by atoms with van der Waals surface area (Å²) in [4.78, 5) is 31.3. The first kappa shape index (κ1) is 17.4. The lowest BCUT2D eigenvalue weighted by Crippen LogP contribution is -2.68. The molecule has 0 bridgehead atoms. The fourth-order valence-electron chi connectivity index (χ4n) is 4.60. The van der Waals surface area contributed by atoms with Crippen LogP contribution in [0.3, 0.4) is 0 Å². The van der Waals surface area contributed by atoms with Gasteiger partial charge in [-0.15, -0.1) is 0 Å². The Morgan fingerprint density at radius 3 is 2.68 bits per heavy atom. The van der Waals surface area contributed by atoms with Crippen molar-refractivity contribution in [2.45, 2.75) is 31.5 Å². The van der Waals surface area contributed by atoms with Crippen LogP contribution in [0.25, 0.3) is 5.69 Å². The zero-order valence-corrected chi connectivity index (χ0v) is 15.5. The second kappa shape index (κ2) is 6.70. The third-order valence-electron chi connectivity index (χ3n) is 6.00. The first-order valence-electron chi connectivity index (χ1n) is 9.73. The molecule has 1 aromatic heterocycles. The Kier molecular flexibility index (Phi) is 4.16. The van der Waals surface area contributed by atoms with Crippen molar-refractivity contribution in [1.82, 2.24) is 24.5 Å². The molecule has 0 aliphatic carbocycles. The molecular formula is C20H22FN5O2. The van der Waals surface area contributed by atoms with Crippen molar-refractivity contribution in [3.8, 4) is 5.69 Å². The number of carbonyl (C=O) groups is 2. The predicted octanol–water partition coefficient (Wildman–Crippen LogP) is 1.03. The molecular weight excluding hydrogens is 361 g/mol. The van der Waals surface area contributed by atoms with E-state index in [1.807, 2.05) is 6.20 Å². The topological polar surface area (TPSA) is 61.7 Å². The number of carbonyl (C=O) groups excluding carboxylic acids is 2. The average molecular weight is 383 g/mol. The van der Waals surface area contributed by atoms with Gasteiger partial charge in [0.2, 0.25) is 11.8 Å². The van der Waals surface area contributed by atoms with Gasteiger partial charge in [0.1, 0.15) is 23.6 Å². The van der Waals surface area contributed by atoms with Gasteiger partial charge in [0, 0.05) is 44.5 Å². The molecule has 0 radical (unpaired) electrons. The lowest BCUT2D eigenvalue weighted by atomic mass is 10.0. The van der Waals surface area contributed by atoms with Crippen LogP contribution < -0.4 is 0 Å². The number of rotatable bonds is 3. The Labute approximate surface area is 162 Å². The van der Waals surface area contributed by atoms with Gasteiger partial charge >= 0.3 is 0 Å². The van der Waals surface area contributed by atoms with Crippen LogP contribution in [0.5, 0.6) is 0 Å². The third kappa shape index (κ3) is 2.79. The van der Waals surface area contributed by atoms with E-state index in [0.717, 1.165) is 18.4 Å². The molecule has 3 fully saturated rings. The lowest BCUT2D eigenvalue weighted by molar-refractivity contribution is -0.163. The van der Waals surface area contributed by atoms with Gasteiger partial charge in [0.25, 0.3) is 0 Å². The van der Waals surface area contributed by atoms with Gasteiger partial charge in [-0.3, -0.25) is 14.5 Å². The third-order valence-corrected chi connectivity index (χ3v) is 6.00. The Balaban J connectivity index is 1.30. The number of para-hydroxylation sites is 1. The van der Waals surface area contributed by atoms with Crippen molar-refractivity contribution in [1.29, 1.82) is 0 Å². The highest BCUT2D eigenvalue weighted by Gasteiger charge is 2.49. The molecule has 8 heteroatoms. The van der Waals surface area contributed by atoms with Crippen molar-refractivity contribution in [3.63, 3.8) is 0 Å². The molecule has 3 aliphatic rings. The molecule has 0 saturated carbocycles. The summed E-state index contributed by atoms with van der Waals surface area (Å²) in [5.74, 6) is -0.139. The van der Waals surface area contributed by atoms with Crippen molar-refractivity contribution >= 4 is 11.8 Å². The highest BCUT2D eigenvalue weighted by atomic mass is 19.1. The summed E-state index contributed by atoms with van der Waals surface area (Å²) in [5, 5.41) is 4.28. The number of fused-ring (bicyclic) bond motifs is 2. The predicted molar refractivity (Wildman–Crippen MR) is 99.0 cm³/mol. The number of hydrogen-bond donors (Lipinski definition) is 0. The Morgan fingerprint density at radius 2 is 1.82 bits per heavy atom. The van der Waals surface area contributed by atoms with Gasteiger partial charge in [-0.05, 0) is 25.0 Å². The summed E-state index contributed by atoms with van der Waals surface area (Å²) in [6.45, 7) is 3.12. The normalized spacial score (nSPS) is 25.2. The molecule has 7 nitrogen and oxygen atoms in total. The second-order valence-corrected chi connectivity index (χ2v) is 7.72. The average Bonchev–Trinajstić information content (AvgIpc) is 3.36. The maximum absolute atomic E-state index is 14.0. The fourth-order valence-corrected chi connectivity index (χ4v) is 4.60. The Hall–Kier alpha value is -2.74. The van der Waals surface area contributed by atoms with E-state index in [4.69, 9.17) is 0 Å². The zero-order valence-electron chi connectivity index (χ0n) is 15.5. The van der Waals surface area contributed by atoms with E-state index >= 15 is 0 Å². The summed E-state index contributed by atoms with van der Waals surface area (Å²) in [7, 11) is 0. The smallest absolute Gasteiger partial charge is 0.247 e. The molecule has 28 heavy (non-hydrogen) atoms. The standard InChI is InChI=1S/C20H22FN5O2/c21-15-4-1-2-5-16(15)26-12-14(10-22-26)11-23-8-9-25-18(13-23)20(28)24-7-3-6-17(24)19(25)27/h1-2,4-5,10,12,17-18H,3,6-9,11,13H2/t17-,18+/m0/s1. The van der Waals surface area contributed by atoms with E-state index < -0.39 is 6.04 Å². The molecule has 2 amide bonds. The van der Waals surface area contributed by atoms with E-state index in [0.29, 0.717) is 38.4 Å². The molecule has 3 aliphatic heterocycles. The van der Waals surface area contributed by atoms with Crippen molar-refractivity contribution < 1.29 is 14.0 Å². The van der Waals surface area contributed by atoms with Crippen LogP contribution in [0.2, 0.25) is 0 Å². The van der Waals surface area contributed by atoms with Gasteiger partial charge in [-0.1, -0.05) is 12.1 Å². The van der Waals surface area contributed by atoms with Crippen LogP contribution >= 0.6 is 0 Å². The van der Waals surface area contributed by atoms with E-state index in [-0.39, 0.29) is 23.7 Å². The number of nitrogens with zero attached hydrogens (tertiary/aromatic N) is 5. The molecule has 146 valence electrons. The van der Waals surface area contributed by atoms with Crippen molar-refractivity contribution in [2.75, 3.05) is 26.2 Å². The van der Waals surface area contributed by atoms with Gasteiger partial charge < -0.3 is 9.80 Å². The molecule has 0 spiro atoms. The second-order valence-electron chi connectivity index (χ2n) is 7.72. The molecule has 1 aromatic carbocycles. The monoisotopic (exact) mass is 383 g/mol. The van der Waals surface area contributed by atoms with E-state index in [1.54, 1.807) is 34.2 Å². The van der Waals surface area contributed by atoms with E-state index in [1.165, 1.54) is 10.7 Å². The number of hydrogen-bond acceptors (Lipinski definition) is 4. The van der Waals surface area contributed by atoms with Crippen molar-refractivity contribution in [2.24, 2.45) is 0 Å². The molecule has 5 rings (SSSR count). The van der Waals surface area contributed by atoms with E-state index in [2.05, 4.69) is 10.00 Å². The molecule has 4 heterocycles. The minimum Gasteiger partial charge on any atom is -0.329 e. The fraction of sp³-hybridized carbons (Fsp3) is 0.450. The quantitative estimate of drug-likeness (QED) is 0.794. The molecule has 0 unspecified atom stereocenters. The summed E-state index contributed by atoms with van der Waals surface area (Å²) < 4.78 is 15.5. The molecule has 3 saturated heterocycles. The number of amides is 2. The van der Waals surface area contributed by atoms with Gasteiger partial charge in [-0.25, -0.2) is 9.07 Å². The van der Waals surface area contributed by atoms with E-state index in [9.17, 15) is 14.0 Å². The lowest BCUT2D eigenvalue weighted by Gasteiger charge is -2.47. The van der Waals surface area contributed by atoms with Crippen LogP contribution in [-0.4, -0.2) is 74.6 Å². The largest absolute Gasteiger partial charge is 0.329 e. The number of piperazine rings is 2. The SMILES string of the molecule is O=C1[C@@H]2CCCN2C(=O)[C@H]2CN(Cc3cnn(-c4ccccc4F)c3)CCN12. The summed E-state index contributed by atoms with van der Waals surface area (Å²) in [6, 6.07) is 5.88. The summed E-state index contributed by atoms with van der Waals surface area (Å²) in [5.41, 5.74) is 1.36.